The van der Waals surface area contributed by atoms with Crippen LogP contribution in [0.3, 0.4) is 0 Å². The van der Waals surface area contributed by atoms with E-state index in [9.17, 15) is 24.0 Å². The Morgan fingerprint density at radius 2 is 1.70 bits per heavy atom. The van der Waals surface area contributed by atoms with Crippen molar-refractivity contribution < 1.29 is 42.9 Å². The average Bonchev–Trinajstić information content (AvgIpc) is 4.03. The van der Waals surface area contributed by atoms with Gasteiger partial charge in [0.1, 0.15) is 23.3 Å². The van der Waals surface area contributed by atoms with Crippen LogP contribution < -0.4 is 26.4 Å². The molecule has 0 spiro atoms. The Kier molecular flexibility index (Phi) is 15.7. The zero-order chi connectivity index (χ0) is 40.8. The zero-order valence-electron chi connectivity index (χ0n) is 32.2. The fraction of sp³-hybridized carbons (Fsp3) is 0.390. The smallest absolute Gasteiger partial charge is 0.412 e. The Balaban J connectivity index is 1.61. The second-order valence-corrected chi connectivity index (χ2v) is 13.6. The molecule has 1 heterocycles. The molecule has 0 radical (unpaired) electrons. The van der Waals surface area contributed by atoms with E-state index >= 15 is 0 Å². The van der Waals surface area contributed by atoms with E-state index in [0.29, 0.717) is 35.0 Å². The van der Waals surface area contributed by atoms with E-state index in [1.54, 1.807) is 38.1 Å². The number of amidine groups is 1. The molecule has 1 saturated carbocycles. The lowest BCUT2D eigenvalue weighted by Gasteiger charge is -2.18. The van der Waals surface area contributed by atoms with Crippen molar-refractivity contribution in [1.29, 1.82) is 5.41 Å². The van der Waals surface area contributed by atoms with Crippen LogP contribution in [0.1, 0.15) is 102 Å². The van der Waals surface area contributed by atoms with Crippen LogP contribution in [0.2, 0.25) is 0 Å². The SMILES string of the molecule is C=Cc1cc(C(=O)Nc2ccc(C(=N)NC(=O)OCCCCCC)cc2)c(-c2ccc(C(=O)NCC3CC3)nc2C(=O)OCOC(=O)[C@@H](N)C(C)C)cc1OC. The van der Waals surface area contributed by atoms with E-state index < -0.39 is 42.7 Å². The summed E-state index contributed by atoms with van der Waals surface area (Å²) in [5.74, 6) is -2.59. The third-order valence-electron chi connectivity index (χ3n) is 8.97. The molecule has 1 aliphatic rings. The monoisotopic (exact) mass is 770 g/mol. The molecule has 6 N–H and O–H groups in total. The quantitative estimate of drug-likeness (QED) is 0.0310. The first-order valence-corrected chi connectivity index (χ1v) is 18.5. The molecular formula is C41H50N6O9. The van der Waals surface area contributed by atoms with Crippen molar-refractivity contribution >= 4 is 47.4 Å². The van der Waals surface area contributed by atoms with Gasteiger partial charge in [0, 0.05) is 40.0 Å². The lowest BCUT2D eigenvalue weighted by Crippen LogP contribution is -2.37. The summed E-state index contributed by atoms with van der Waals surface area (Å²) in [5, 5.41) is 16.3. The van der Waals surface area contributed by atoms with Crippen LogP contribution >= 0.6 is 0 Å². The van der Waals surface area contributed by atoms with E-state index in [4.69, 9.17) is 30.1 Å². The van der Waals surface area contributed by atoms with Crippen molar-refractivity contribution in [2.45, 2.75) is 65.3 Å². The molecule has 1 atom stereocenters. The Morgan fingerprint density at radius 3 is 2.34 bits per heavy atom. The highest BCUT2D eigenvalue weighted by Crippen LogP contribution is 2.35. The van der Waals surface area contributed by atoms with Crippen LogP contribution in [-0.4, -0.2) is 73.8 Å². The van der Waals surface area contributed by atoms with Crippen LogP contribution in [0.5, 0.6) is 5.75 Å². The van der Waals surface area contributed by atoms with Gasteiger partial charge in [-0.05, 0) is 79.6 Å². The molecule has 3 aromatic rings. The van der Waals surface area contributed by atoms with Crippen LogP contribution in [0.15, 0.2) is 55.1 Å². The maximum absolute atomic E-state index is 14.0. The summed E-state index contributed by atoms with van der Waals surface area (Å²) in [6.45, 7) is 9.35. The lowest BCUT2D eigenvalue weighted by molar-refractivity contribution is -0.154. The molecular weight excluding hydrogens is 720 g/mol. The van der Waals surface area contributed by atoms with E-state index in [0.717, 1.165) is 38.5 Å². The number of esters is 2. The Hall–Kier alpha value is -6.09. The molecule has 0 unspecified atom stereocenters. The largest absolute Gasteiger partial charge is 0.496 e. The number of hydrogen-bond donors (Lipinski definition) is 5. The van der Waals surface area contributed by atoms with Gasteiger partial charge in [-0.3, -0.25) is 25.1 Å². The molecule has 56 heavy (non-hydrogen) atoms. The van der Waals surface area contributed by atoms with Crippen molar-refractivity contribution in [2.75, 3.05) is 32.4 Å². The molecule has 1 aliphatic carbocycles. The number of benzene rings is 2. The van der Waals surface area contributed by atoms with Crippen molar-refractivity contribution in [3.05, 3.63) is 83.2 Å². The number of amides is 3. The summed E-state index contributed by atoms with van der Waals surface area (Å²) in [7, 11) is 1.43. The van der Waals surface area contributed by atoms with Gasteiger partial charge in [-0.15, -0.1) is 0 Å². The Bertz CT molecular complexity index is 1920. The van der Waals surface area contributed by atoms with Gasteiger partial charge in [0.2, 0.25) is 6.79 Å². The number of nitrogens with one attached hydrogen (secondary N) is 4. The first-order valence-electron chi connectivity index (χ1n) is 18.5. The third kappa shape index (κ3) is 12.0. The number of aromatic nitrogens is 1. The van der Waals surface area contributed by atoms with Crippen LogP contribution in [0.25, 0.3) is 17.2 Å². The van der Waals surface area contributed by atoms with E-state index in [2.05, 4.69) is 34.4 Å². The zero-order valence-corrected chi connectivity index (χ0v) is 32.2. The van der Waals surface area contributed by atoms with Gasteiger partial charge in [-0.2, -0.15) is 0 Å². The number of hydrogen-bond acceptors (Lipinski definition) is 12. The van der Waals surface area contributed by atoms with Gasteiger partial charge in [0.25, 0.3) is 11.8 Å². The molecule has 0 bridgehead atoms. The van der Waals surface area contributed by atoms with E-state index in [1.165, 1.54) is 37.5 Å². The second kappa shape index (κ2) is 20.6. The van der Waals surface area contributed by atoms with Crippen molar-refractivity contribution in [3.8, 4) is 16.9 Å². The van der Waals surface area contributed by atoms with Crippen molar-refractivity contribution in [1.82, 2.24) is 15.6 Å². The number of unbranched alkanes of at least 4 members (excludes halogenated alkanes) is 3. The number of alkyl carbamates (subject to hydrolysis) is 1. The lowest BCUT2D eigenvalue weighted by atomic mass is 9.94. The van der Waals surface area contributed by atoms with Gasteiger partial charge in [-0.1, -0.05) is 52.7 Å². The first kappa shape index (κ1) is 42.6. The highest BCUT2D eigenvalue weighted by molar-refractivity contribution is 6.11. The Morgan fingerprint density at radius 1 is 0.964 bits per heavy atom. The summed E-state index contributed by atoms with van der Waals surface area (Å²) < 4.78 is 21.1. The number of pyridine rings is 1. The van der Waals surface area contributed by atoms with Gasteiger partial charge in [-0.25, -0.2) is 14.6 Å². The summed E-state index contributed by atoms with van der Waals surface area (Å²) in [6.07, 6.45) is 6.59. The first-order chi connectivity index (χ1) is 26.9. The van der Waals surface area contributed by atoms with Gasteiger partial charge < -0.3 is 35.3 Å². The summed E-state index contributed by atoms with van der Waals surface area (Å²) >= 11 is 0. The minimum Gasteiger partial charge on any atom is -0.496 e. The highest BCUT2D eigenvalue weighted by atomic mass is 16.7. The fourth-order valence-electron chi connectivity index (χ4n) is 5.35. The number of nitrogens with zero attached hydrogens (tertiary/aromatic N) is 1. The average molecular weight is 771 g/mol. The number of methoxy groups -OCH3 is 1. The molecule has 1 aromatic heterocycles. The highest BCUT2D eigenvalue weighted by Gasteiger charge is 2.27. The maximum atomic E-state index is 14.0. The maximum Gasteiger partial charge on any atom is 0.412 e. The van der Waals surface area contributed by atoms with Crippen molar-refractivity contribution in [2.24, 2.45) is 17.6 Å². The number of carbonyl (C=O) groups is 5. The summed E-state index contributed by atoms with van der Waals surface area (Å²) in [6, 6.07) is 11.2. The number of anilines is 1. The molecule has 2 aromatic carbocycles. The van der Waals surface area contributed by atoms with Gasteiger partial charge >= 0.3 is 18.0 Å². The predicted octanol–water partition coefficient (Wildman–Crippen LogP) is 6.06. The molecule has 15 nitrogen and oxygen atoms in total. The number of ether oxygens (including phenoxy) is 4. The van der Waals surface area contributed by atoms with Gasteiger partial charge in [0.15, 0.2) is 5.69 Å². The molecule has 1 fully saturated rings. The number of carbonyl (C=O) groups excluding carboxylic acids is 5. The topological polar surface area (TPSA) is 221 Å². The summed E-state index contributed by atoms with van der Waals surface area (Å²) in [5.41, 5.74) is 7.05. The fourth-order valence-corrected chi connectivity index (χ4v) is 5.35. The molecule has 0 saturated heterocycles. The molecule has 3 amide bonds. The molecule has 0 aliphatic heterocycles. The van der Waals surface area contributed by atoms with Crippen LogP contribution in [-0.2, 0) is 19.0 Å². The van der Waals surface area contributed by atoms with Crippen molar-refractivity contribution in [3.63, 3.8) is 0 Å². The minimum atomic E-state index is -1.03. The van der Waals surface area contributed by atoms with Crippen LogP contribution in [0.4, 0.5) is 10.5 Å². The summed E-state index contributed by atoms with van der Waals surface area (Å²) in [4.78, 5) is 69.5. The third-order valence-corrected chi connectivity index (χ3v) is 8.97. The second-order valence-electron chi connectivity index (χ2n) is 13.6. The molecule has 4 rings (SSSR count). The molecule has 298 valence electrons. The normalized spacial score (nSPS) is 12.5. The predicted molar refractivity (Wildman–Crippen MR) is 210 cm³/mol. The van der Waals surface area contributed by atoms with Crippen LogP contribution in [0, 0.1) is 17.2 Å². The van der Waals surface area contributed by atoms with E-state index in [-0.39, 0.29) is 46.4 Å². The molecule has 15 heteroatoms. The Labute approximate surface area is 326 Å². The number of nitrogens with two attached hydrogens (primary N) is 1. The minimum absolute atomic E-state index is 0.0683. The standard InChI is InChI=1S/C41H50N6O9/c1-6-8-9-10-19-54-41(52)47-36(43)27-13-15-28(16-14-27)45-37(48)31-20-26(7-2)33(53-5)21-30(31)29-17-18-32(38(49)44-22-25-11-12-25)46-35(29)40(51)56-23-55-39(50)34(42)24(3)4/h7,13-18,20-21,24-25,34H,2,6,8-12,19,22-23,42H2,1,3-5H3,(H,44,49)(H,45,48)(H2,43,47,52)/t34-/m0/s1. The number of rotatable bonds is 19. The van der Waals surface area contributed by atoms with E-state index in [1.807, 2.05) is 0 Å². The van der Waals surface area contributed by atoms with Gasteiger partial charge in [0.05, 0.1) is 13.7 Å².